The Bertz CT molecular complexity index is 373. The fourth-order valence-electron chi connectivity index (χ4n) is 1.24. The molecule has 2 nitrogen and oxygen atoms in total. The number of nitriles is 1. The lowest BCUT2D eigenvalue weighted by Crippen LogP contribution is -2.16. The van der Waals surface area contributed by atoms with E-state index >= 15 is 0 Å². The topological polar surface area (TPSA) is 35.8 Å². The summed E-state index contributed by atoms with van der Waals surface area (Å²) < 4.78 is 1.95. The summed E-state index contributed by atoms with van der Waals surface area (Å²) in [6, 6.07) is 6.11. The number of rotatable bonds is 3. The zero-order valence-electron chi connectivity index (χ0n) is 8.64. The number of hydrogen-bond donors (Lipinski definition) is 1. The van der Waals surface area contributed by atoms with Gasteiger partial charge in [-0.1, -0.05) is 6.92 Å². The van der Waals surface area contributed by atoms with E-state index in [-0.39, 0.29) is 6.04 Å². The van der Waals surface area contributed by atoms with Gasteiger partial charge < -0.3 is 5.32 Å². The first-order valence-corrected chi connectivity index (χ1v) is 6.28. The maximum Gasteiger partial charge on any atom is 0.114 e. The third kappa shape index (κ3) is 3.22. The molecule has 0 aliphatic carbocycles. The van der Waals surface area contributed by atoms with Gasteiger partial charge in [-0.05, 0) is 62.9 Å². The number of nitrogens with one attached hydrogen (secondary N) is 1. The number of halogens is 2. The van der Waals surface area contributed by atoms with E-state index in [2.05, 4.69) is 43.2 Å². The third-order valence-electron chi connectivity index (χ3n) is 2.07. The molecule has 15 heavy (non-hydrogen) atoms. The molecular formula is C11H12Br2N2. The first-order valence-electron chi connectivity index (χ1n) is 4.70. The van der Waals surface area contributed by atoms with Crippen molar-refractivity contribution in [3.8, 4) is 6.07 Å². The highest BCUT2D eigenvalue weighted by Crippen LogP contribution is 2.32. The van der Waals surface area contributed by atoms with Gasteiger partial charge in [-0.15, -0.1) is 0 Å². The summed E-state index contributed by atoms with van der Waals surface area (Å²) in [6.07, 6.45) is 0.781. The minimum atomic E-state index is -0.152. The van der Waals surface area contributed by atoms with Crippen LogP contribution in [0.25, 0.3) is 0 Å². The number of anilines is 1. The standard InChI is InChI=1S/C11H12Br2N2/c1-3-8(6-14)15-11-9(12)4-7(2)5-10(11)13/h4-5,8,15H,3H2,1-2H3. The summed E-state index contributed by atoms with van der Waals surface area (Å²) in [7, 11) is 0. The molecule has 0 radical (unpaired) electrons. The quantitative estimate of drug-likeness (QED) is 0.899. The molecule has 0 saturated heterocycles. The molecule has 1 aromatic rings. The summed E-state index contributed by atoms with van der Waals surface area (Å²) in [6.45, 7) is 4.01. The van der Waals surface area contributed by atoms with Gasteiger partial charge in [0.1, 0.15) is 6.04 Å². The minimum absolute atomic E-state index is 0.152. The lowest BCUT2D eigenvalue weighted by atomic mass is 10.2. The summed E-state index contributed by atoms with van der Waals surface area (Å²) in [5, 5.41) is 12.1. The van der Waals surface area contributed by atoms with Crippen LogP contribution in [0.5, 0.6) is 0 Å². The van der Waals surface area contributed by atoms with Gasteiger partial charge >= 0.3 is 0 Å². The molecule has 0 aromatic heterocycles. The second-order valence-corrected chi connectivity index (χ2v) is 5.05. The van der Waals surface area contributed by atoms with E-state index in [0.717, 1.165) is 21.1 Å². The van der Waals surface area contributed by atoms with Crippen LogP contribution in [0.1, 0.15) is 18.9 Å². The normalized spacial score (nSPS) is 11.9. The van der Waals surface area contributed by atoms with Crippen LogP contribution < -0.4 is 5.32 Å². The molecular weight excluding hydrogens is 320 g/mol. The van der Waals surface area contributed by atoms with Crippen molar-refractivity contribution in [2.75, 3.05) is 5.32 Å². The summed E-state index contributed by atoms with van der Waals surface area (Å²) in [4.78, 5) is 0. The van der Waals surface area contributed by atoms with E-state index in [1.165, 1.54) is 5.56 Å². The van der Waals surface area contributed by atoms with Crippen LogP contribution >= 0.6 is 31.9 Å². The Morgan fingerprint density at radius 1 is 1.40 bits per heavy atom. The van der Waals surface area contributed by atoms with Crippen molar-refractivity contribution in [1.82, 2.24) is 0 Å². The molecule has 0 saturated carbocycles. The van der Waals surface area contributed by atoms with Crippen LogP contribution in [-0.4, -0.2) is 6.04 Å². The van der Waals surface area contributed by atoms with Gasteiger partial charge in [-0.2, -0.15) is 5.26 Å². The van der Waals surface area contributed by atoms with Gasteiger partial charge in [0.15, 0.2) is 0 Å². The zero-order chi connectivity index (χ0) is 11.4. The van der Waals surface area contributed by atoms with Gasteiger partial charge in [0.05, 0.1) is 11.8 Å². The van der Waals surface area contributed by atoms with Gasteiger partial charge in [0.2, 0.25) is 0 Å². The van der Waals surface area contributed by atoms with Crippen molar-refractivity contribution in [2.24, 2.45) is 0 Å². The van der Waals surface area contributed by atoms with Crippen LogP contribution in [0, 0.1) is 18.3 Å². The first kappa shape index (κ1) is 12.5. The highest BCUT2D eigenvalue weighted by atomic mass is 79.9. The van der Waals surface area contributed by atoms with Crippen LogP contribution in [0.2, 0.25) is 0 Å². The third-order valence-corrected chi connectivity index (χ3v) is 3.32. The lowest BCUT2D eigenvalue weighted by molar-refractivity contribution is 0.843. The van der Waals surface area contributed by atoms with Crippen molar-refractivity contribution >= 4 is 37.5 Å². The molecule has 0 fully saturated rings. The monoisotopic (exact) mass is 330 g/mol. The number of hydrogen-bond acceptors (Lipinski definition) is 2. The van der Waals surface area contributed by atoms with Crippen molar-refractivity contribution in [3.05, 3.63) is 26.6 Å². The molecule has 1 atom stereocenters. The highest BCUT2D eigenvalue weighted by Gasteiger charge is 2.10. The van der Waals surface area contributed by atoms with Gasteiger partial charge in [0.25, 0.3) is 0 Å². The maximum absolute atomic E-state index is 8.88. The molecule has 0 bridgehead atoms. The van der Waals surface area contributed by atoms with Crippen molar-refractivity contribution < 1.29 is 0 Å². The molecule has 1 N–H and O–H groups in total. The Morgan fingerprint density at radius 2 is 1.93 bits per heavy atom. The second kappa shape index (κ2) is 5.53. The van der Waals surface area contributed by atoms with Gasteiger partial charge in [-0.25, -0.2) is 0 Å². The first-order chi connectivity index (χ1) is 7.08. The summed E-state index contributed by atoms with van der Waals surface area (Å²) in [5.41, 5.74) is 2.11. The maximum atomic E-state index is 8.88. The van der Waals surface area contributed by atoms with Crippen molar-refractivity contribution in [2.45, 2.75) is 26.3 Å². The van der Waals surface area contributed by atoms with E-state index < -0.39 is 0 Å². The fourth-order valence-corrected chi connectivity index (χ4v) is 2.88. The van der Waals surface area contributed by atoms with E-state index in [1.54, 1.807) is 0 Å². The van der Waals surface area contributed by atoms with Crippen molar-refractivity contribution in [1.29, 1.82) is 5.26 Å². The number of nitrogens with zero attached hydrogens (tertiary/aromatic N) is 1. The molecule has 0 aliphatic heterocycles. The molecule has 80 valence electrons. The zero-order valence-corrected chi connectivity index (χ0v) is 11.8. The van der Waals surface area contributed by atoms with E-state index in [1.807, 2.05) is 26.0 Å². The Labute approximate surface area is 107 Å². The van der Waals surface area contributed by atoms with Crippen LogP contribution in [-0.2, 0) is 0 Å². The highest BCUT2D eigenvalue weighted by molar-refractivity contribution is 9.11. The Balaban J connectivity index is 3.00. The Morgan fingerprint density at radius 3 is 2.33 bits per heavy atom. The van der Waals surface area contributed by atoms with E-state index in [9.17, 15) is 0 Å². The van der Waals surface area contributed by atoms with E-state index in [4.69, 9.17) is 5.26 Å². The molecule has 1 aromatic carbocycles. The SMILES string of the molecule is CCC(C#N)Nc1c(Br)cc(C)cc1Br. The number of benzene rings is 1. The van der Waals surface area contributed by atoms with Crippen molar-refractivity contribution in [3.63, 3.8) is 0 Å². The predicted octanol–water partition coefficient (Wildman–Crippen LogP) is 4.23. The molecule has 1 rings (SSSR count). The molecule has 0 heterocycles. The minimum Gasteiger partial charge on any atom is -0.368 e. The van der Waals surface area contributed by atoms with Gasteiger partial charge in [0, 0.05) is 8.95 Å². The average Bonchev–Trinajstić information content (AvgIpc) is 2.17. The summed E-state index contributed by atoms with van der Waals surface area (Å²) in [5.74, 6) is 0. The molecule has 0 amide bonds. The Kier molecular flexibility index (Phi) is 4.62. The lowest BCUT2D eigenvalue weighted by Gasteiger charge is -2.14. The van der Waals surface area contributed by atoms with E-state index in [0.29, 0.717) is 0 Å². The van der Waals surface area contributed by atoms with Crippen LogP contribution in [0.15, 0.2) is 21.1 Å². The molecule has 1 unspecified atom stereocenters. The summed E-state index contributed by atoms with van der Waals surface area (Å²) >= 11 is 6.97. The molecule has 0 aliphatic rings. The predicted molar refractivity (Wildman–Crippen MR) is 69.9 cm³/mol. The van der Waals surface area contributed by atoms with Crippen LogP contribution in [0.3, 0.4) is 0 Å². The number of aryl methyl sites for hydroxylation is 1. The average molecular weight is 332 g/mol. The smallest absolute Gasteiger partial charge is 0.114 e. The largest absolute Gasteiger partial charge is 0.368 e. The molecule has 0 spiro atoms. The Hall–Kier alpha value is -0.530. The van der Waals surface area contributed by atoms with Crippen LogP contribution in [0.4, 0.5) is 5.69 Å². The second-order valence-electron chi connectivity index (χ2n) is 3.34. The van der Waals surface area contributed by atoms with Gasteiger partial charge in [-0.3, -0.25) is 0 Å². The fraction of sp³-hybridized carbons (Fsp3) is 0.364. The molecule has 4 heteroatoms.